The number of carbonyl (C=O) groups is 1. The van der Waals surface area contributed by atoms with Crippen molar-refractivity contribution in [3.05, 3.63) is 12.2 Å². The van der Waals surface area contributed by atoms with Crippen LogP contribution in [0.2, 0.25) is 0 Å². The third-order valence-corrected chi connectivity index (χ3v) is 1.55. The molecule has 13 heavy (non-hydrogen) atoms. The number of nitrogens with two attached hydrogens (primary N) is 1. The molecule has 0 saturated carbocycles. The van der Waals surface area contributed by atoms with Gasteiger partial charge in [-0.3, -0.25) is 4.79 Å². The second-order valence-corrected chi connectivity index (χ2v) is 3.38. The molecular weight excluding hydrogens is 168 g/mol. The molecule has 0 heterocycles. The number of carbonyl (C=O) groups excluding carboxylic acids is 1. The lowest BCUT2D eigenvalue weighted by atomic mass is 10.1. The van der Waals surface area contributed by atoms with Crippen LogP contribution in [-0.4, -0.2) is 31.7 Å². The number of amides is 1. The summed E-state index contributed by atoms with van der Waals surface area (Å²) in [4.78, 5) is 10.5. The highest BCUT2D eigenvalue weighted by molar-refractivity contribution is 5.85. The van der Waals surface area contributed by atoms with Gasteiger partial charge in [-0.05, 0) is 13.8 Å². The van der Waals surface area contributed by atoms with Crippen LogP contribution in [0.25, 0.3) is 0 Å². The number of hydrogen-bond acceptors (Lipinski definition) is 3. The molecule has 0 radical (unpaired) electrons. The molecule has 0 rings (SSSR count). The van der Waals surface area contributed by atoms with Crippen molar-refractivity contribution in [2.75, 3.05) is 20.3 Å². The molecule has 0 aliphatic heterocycles. The SMILES string of the molecule is COCCNC(C)(C)C=CC(N)=O. The zero-order chi connectivity index (χ0) is 10.3. The molecule has 0 bridgehead atoms. The molecule has 0 aromatic rings. The van der Waals surface area contributed by atoms with E-state index in [4.69, 9.17) is 10.5 Å². The molecular formula is C9H18N2O2. The highest BCUT2D eigenvalue weighted by Crippen LogP contribution is 2.02. The number of hydrogen-bond donors (Lipinski definition) is 2. The lowest BCUT2D eigenvalue weighted by Gasteiger charge is -2.21. The van der Waals surface area contributed by atoms with E-state index in [9.17, 15) is 4.79 Å². The molecule has 3 N–H and O–H groups in total. The van der Waals surface area contributed by atoms with Crippen LogP contribution >= 0.6 is 0 Å². The molecule has 0 spiro atoms. The Labute approximate surface area is 79.1 Å². The van der Waals surface area contributed by atoms with E-state index in [-0.39, 0.29) is 5.54 Å². The van der Waals surface area contributed by atoms with Crippen LogP contribution in [0.4, 0.5) is 0 Å². The number of methoxy groups -OCH3 is 1. The van der Waals surface area contributed by atoms with Crippen LogP contribution in [0.3, 0.4) is 0 Å². The van der Waals surface area contributed by atoms with Gasteiger partial charge in [-0.1, -0.05) is 6.08 Å². The Kier molecular flexibility index (Phi) is 5.34. The van der Waals surface area contributed by atoms with Crippen molar-refractivity contribution in [3.8, 4) is 0 Å². The molecule has 0 saturated heterocycles. The maximum absolute atomic E-state index is 10.5. The molecule has 76 valence electrons. The number of rotatable bonds is 6. The average Bonchev–Trinajstić information content (AvgIpc) is 2.02. The summed E-state index contributed by atoms with van der Waals surface area (Å²) >= 11 is 0. The predicted molar refractivity (Wildman–Crippen MR) is 52.3 cm³/mol. The molecule has 0 aromatic carbocycles. The predicted octanol–water partition coefficient (Wildman–Crippen LogP) is 0.0425. The molecule has 0 fully saturated rings. The van der Waals surface area contributed by atoms with E-state index in [0.717, 1.165) is 6.54 Å². The minimum absolute atomic E-state index is 0.229. The zero-order valence-corrected chi connectivity index (χ0v) is 8.46. The summed E-state index contributed by atoms with van der Waals surface area (Å²) < 4.78 is 4.88. The van der Waals surface area contributed by atoms with Crippen LogP contribution < -0.4 is 11.1 Å². The number of primary amides is 1. The summed E-state index contributed by atoms with van der Waals surface area (Å²) in [5, 5.41) is 3.20. The zero-order valence-electron chi connectivity index (χ0n) is 8.46. The highest BCUT2D eigenvalue weighted by atomic mass is 16.5. The minimum Gasteiger partial charge on any atom is -0.383 e. The third kappa shape index (κ3) is 7.49. The van der Waals surface area contributed by atoms with Gasteiger partial charge in [0, 0.05) is 25.3 Å². The molecule has 4 heteroatoms. The van der Waals surface area contributed by atoms with Gasteiger partial charge in [-0.25, -0.2) is 0 Å². The second-order valence-electron chi connectivity index (χ2n) is 3.38. The van der Waals surface area contributed by atoms with Gasteiger partial charge < -0.3 is 15.8 Å². The Bertz CT molecular complexity index is 188. The normalized spacial score (nSPS) is 12.2. The fraction of sp³-hybridized carbons (Fsp3) is 0.667. The van der Waals surface area contributed by atoms with Crippen molar-refractivity contribution in [2.45, 2.75) is 19.4 Å². The lowest BCUT2D eigenvalue weighted by molar-refractivity contribution is -0.113. The fourth-order valence-corrected chi connectivity index (χ4v) is 0.825. The number of nitrogens with one attached hydrogen (secondary N) is 1. The van der Waals surface area contributed by atoms with Crippen LogP contribution in [0.5, 0.6) is 0 Å². The molecule has 1 amide bonds. The first-order valence-electron chi connectivity index (χ1n) is 4.20. The van der Waals surface area contributed by atoms with Gasteiger partial charge in [0.15, 0.2) is 0 Å². The van der Waals surface area contributed by atoms with E-state index >= 15 is 0 Å². The Morgan fingerprint density at radius 3 is 2.69 bits per heavy atom. The third-order valence-electron chi connectivity index (χ3n) is 1.55. The van der Waals surface area contributed by atoms with Gasteiger partial charge in [0.25, 0.3) is 0 Å². The van der Waals surface area contributed by atoms with Crippen molar-refractivity contribution in [2.24, 2.45) is 5.73 Å². The summed E-state index contributed by atoms with van der Waals surface area (Å²) in [7, 11) is 1.65. The molecule has 0 atom stereocenters. The second kappa shape index (κ2) is 5.72. The van der Waals surface area contributed by atoms with Gasteiger partial charge in [-0.2, -0.15) is 0 Å². The van der Waals surface area contributed by atoms with Gasteiger partial charge in [0.2, 0.25) is 5.91 Å². The quantitative estimate of drug-likeness (QED) is 0.455. The van der Waals surface area contributed by atoms with Crippen LogP contribution in [0.15, 0.2) is 12.2 Å². The van der Waals surface area contributed by atoms with Gasteiger partial charge in [-0.15, -0.1) is 0 Å². The summed E-state index contributed by atoms with van der Waals surface area (Å²) in [6, 6.07) is 0. The van der Waals surface area contributed by atoms with E-state index < -0.39 is 5.91 Å². The maximum atomic E-state index is 10.5. The topological polar surface area (TPSA) is 64.3 Å². The number of ether oxygens (including phenoxy) is 1. The van der Waals surface area contributed by atoms with Gasteiger partial charge in [0.05, 0.1) is 6.61 Å². The van der Waals surface area contributed by atoms with Crippen LogP contribution in [-0.2, 0) is 9.53 Å². The molecule has 4 nitrogen and oxygen atoms in total. The van der Waals surface area contributed by atoms with Crippen LogP contribution in [0.1, 0.15) is 13.8 Å². The first kappa shape index (κ1) is 12.1. The van der Waals surface area contributed by atoms with Gasteiger partial charge >= 0.3 is 0 Å². The van der Waals surface area contributed by atoms with Crippen LogP contribution in [0, 0.1) is 0 Å². The monoisotopic (exact) mass is 186 g/mol. The Morgan fingerprint density at radius 1 is 1.62 bits per heavy atom. The van der Waals surface area contributed by atoms with E-state index in [1.807, 2.05) is 13.8 Å². The standard InChI is InChI=1S/C9H18N2O2/c1-9(2,5-4-8(10)12)11-6-7-13-3/h4-5,11H,6-7H2,1-3H3,(H2,10,12). The largest absolute Gasteiger partial charge is 0.383 e. The van der Waals surface area contributed by atoms with Crippen molar-refractivity contribution >= 4 is 5.91 Å². The Morgan fingerprint density at radius 2 is 2.23 bits per heavy atom. The van der Waals surface area contributed by atoms with E-state index in [1.54, 1.807) is 13.2 Å². The highest BCUT2D eigenvalue weighted by Gasteiger charge is 2.11. The fourth-order valence-electron chi connectivity index (χ4n) is 0.825. The molecule has 0 aliphatic carbocycles. The minimum atomic E-state index is -0.429. The average molecular weight is 186 g/mol. The van der Waals surface area contributed by atoms with Gasteiger partial charge in [0.1, 0.15) is 0 Å². The van der Waals surface area contributed by atoms with Crippen molar-refractivity contribution < 1.29 is 9.53 Å². The summed E-state index contributed by atoms with van der Waals surface area (Å²) in [6.07, 6.45) is 3.10. The van der Waals surface area contributed by atoms with Crippen molar-refractivity contribution in [1.82, 2.24) is 5.32 Å². The van der Waals surface area contributed by atoms with E-state index in [0.29, 0.717) is 6.61 Å². The Hall–Kier alpha value is -0.870. The Balaban J connectivity index is 3.85. The first-order chi connectivity index (χ1) is 5.98. The lowest BCUT2D eigenvalue weighted by Crippen LogP contribution is -2.39. The first-order valence-corrected chi connectivity index (χ1v) is 4.20. The van der Waals surface area contributed by atoms with Crippen molar-refractivity contribution in [1.29, 1.82) is 0 Å². The van der Waals surface area contributed by atoms with Crippen molar-refractivity contribution in [3.63, 3.8) is 0 Å². The smallest absolute Gasteiger partial charge is 0.241 e. The molecule has 0 aliphatic rings. The summed E-state index contributed by atoms with van der Waals surface area (Å²) in [5.74, 6) is -0.429. The van der Waals surface area contributed by atoms with E-state index in [2.05, 4.69) is 5.32 Å². The summed E-state index contributed by atoms with van der Waals surface area (Å²) in [5.41, 5.74) is 4.75. The molecule has 0 unspecified atom stereocenters. The molecule has 0 aromatic heterocycles. The van der Waals surface area contributed by atoms with E-state index in [1.165, 1.54) is 6.08 Å². The summed E-state index contributed by atoms with van der Waals surface area (Å²) in [6.45, 7) is 5.31. The maximum Gasteiger partial charge on any atom is 0.241 e.